The Kier molecular flexibility index (Phi) is 3.43. The number of thiazole rings is 1. The minimum atomic E-state index is 0.732. The molecule has 3 aromatic heterocycles. The minimum absolute atomic E-state index is 0.732. The fourth-order valence-electron chi connectivity index (χ4n) is 2.51. The molecular weight excluding hydrogens is 298 g/mol. The molecule has 0 unspecified atom stereocenters. The van der Waals surface area contributed by atoms with Crippen molar-refractivity contribution in [2.24, 2.45) is 0 Å². The van der Waals surface area contributed by atoms with Crippen molar-refractivity contribution >= 4 is 22.3 Å². The Balaban J connectivity index is 1.43. The van der Waals surface area contributed by atoms with E-state index in [2.05, 4.69) is 30.1 Å². The SMILES string of the molecule is c1cnn(-c2ccc(N3CCN(c4nccs4)CC3)nn2)c1. The summed E-state index contributed by atoms with van der Waals surface area (Å²) in [7, 11) is 0. The second-order valence-corrected chi connectivity index (χ2v) is 5.86. The lowest BCUT2D eigenvalue weighted by molar-refractivity contribution is 0.641. The van der Waals surface area contributed by atoms with Gasteiger partial charge in [0.2, 0.25) is 0 Å². The summed E-state index contributed by atoms with van der Waals surface area (Å²) in [5.41, 5.74) is 0. The lowest BCUT2D eigenvalue weighted by Gasteiger charge is -2.34. The Labute approximate surface area is 131 Å². The van der Waals surface area contributed by atoms with Gasteiger partial charge in [-0.2, -0.15) is 5.10 Å². The van der Waals surface area contributed by atoms with Crippen LogP contribution in [0.15, 0.2) is 42.2 Å². The molecule has 1 fully saturated rings. The van der Waals surface area contributed by atoms with Crippen LogP contribution < -0.4 is 9.80 Å². The summed E-state index contributed by atoms with van der Waals surface area (Å²) in [5.74, 6) is 1.64. The van der Waals surface area contributed by atoms with Crippen LogP contribution in [0.25, 0.3) is 5.82 Å². The van der Waals surface area contributed by atoms with Crippen molar-refractivity contribution in [2.45, 2.75) is 0 Å². The number of aromatic nitrogens is 5. The first-order chi connectivity index (χ1) is 10.9. The van der Waals surface area contributed by atoms with Crippen LogP contribution >= 0.6 is 11.3 Å². The molecule has 1 saturated heterocycles. The minimum Gasteiger partial charge on any atom is -0.352 e. The monoisotopic (exact) mass is 313 g/mol. The van der Waals surface area contributed by atoms with Crippen LogP contribution in [0.2, 0.25) is 0 Å². The molecule has 0 atom stereocenters. The van der Waals surface area contributed by atoms with E-state index in [1.807, 2.05) is 36.0 Å². The van der Waals surface area contributed by atoms with Crippen LogP contribution in [0, 0.1) is 0 Å². The number of piperazine rings is 1. The highest BCUT2D eigenvalue weighted by Gasteiger charge is 2.19. The van der Waals surface area contributed by atoms with Crippen LogP contribution in [-0.2, 0) is 0 Å². The zero-order valence-corrected chi connectivity index (χ0v) is 12.7. The first-order valence-corrected chi connectivity index (χ1v) is 8.01. The van der Waals surface area contributed by atoms with Gasteiger partial charge < -0.3 is 9.80 Å². The van der Waals surface area contributed by atoms with Gasteiger partial charge in [0.05, 0.1) is 0 Å². The molecule has 0 saturated carbocycles. The molecule has 22 heavy (non-hydrogen) atoms. The highest BCUT2D eigenvalue weighted by molar-refractivity contribution is 7.13. The van der Waals surface area contributed by atoms with Crippen molar-refractivity contribution in [3.8, 4) is 5.82 Å². The van der Waals surface area contributed by atoms with Crippen LogP contribution in [0.5, 0.6) is 0 Å². The van der Waals surface area contributed by atoms with Gasteiger partial charge in [-0.05, 0) is 18.2 Å². The van der Waals surface area contributed by atoms with Crippen molar-refractivity contribution in [3.63, 3.8) is 0 Å². The molecule has 112 valence electrons. The normalized spacial score (nSPS) is 15.3. The Hall–Kier alpha value is -2.48. The molecule has 0 amide bonds. The summed E-state index contributed by atoms with van der Waals surface area (Å²) in [6.45, 7) is 3.76. The fourth-order valence-corrected chi connectivity index (χ4v) is 3.21. The highest BCUT2D eigenvalue weighted by atomic mass is 32.1. The molecular formula is C14H15N7S. The predicted octanol–water partition coefficient (Wildman–Crippen LogP) is 1.45. The summed E-state index contributed by atoms with van der Waals surface area (Å²) in [5, 5.41) is 15.8. The van der Waals surface area contributed by atoms with E-state index >= 15 is 0 Å². The molecule has 0 bridgehead atoms. The summed E-state index contributed by atoms with van der Waals surface area (Å²) in [6.07, 6.45) is 5.44. The molecule has 0 spiro atoms. The number of rotatable bonds is 3. The van der Waals surface area contributed by atoms with Crippen LogP contribution in [0.1, 0.15) is 0 Å². The van der Waals surface area contributed by atoms with Crippen molar-refractivity contribution in [2.75, 3.05) is 36.0 Å². The van der Waals surface area contributed by atoms with Gasteiger partial charge >= 0.3 is 0 Å². The number of hydrogen-bond donors (Lipinski definition) is 0. The molecule has 0 N–H and O–H groups in total. The number of nitrogens with zero attached hydrogens (tertiary/aromatic N) is 7. The molecule has 7 nitrogen and oxygen atoms in total. The molecule has 0 radical (unpaired) electrons. The zero-order chi connectivity index (χ0) is 14.8. The largest absolute Gasteiger partial charge is 0.352 e. The topological polar surface area (TPSA) is 63.0 Å². The van der Waals surface area contributed by atoms with Crippen LogP contribution in [0.3, 0.4) is 0 Å². The van der Waals surface area contributed by atoms with E-state index in [-0.39, 0.29) is 0 Å². The standard InChI is InChI=1S/C14H15N7S/c1-4-16-21(6-1)13-3-2-12(17-18-13)19-7-9-20(10-8-19)14-15-5-11-22-14/h1-6,11H,7-10H2. The molecule has 8 heteroatoms. The third-order valence-electron chi connectivity index (χ3n) is 3.67. The van der Waals surface area contributed by atoms with Gasteiger partial charge in [-0.15, -0.1) is 21.5 Å². The van der Waals surface area contributed by atoms with Gasteiger partial charge in [0.15, 0.2) is 16.8 Å². The second kappa shape index (κ2) is 5.72. The Morgan fingerprint density at radius 3 is 2.32 bits per heavy atom. The maximum atomic E-state index is 4.37. The van der Waals surface area contributed by atoms with E-state index in [1.165, 1.54) is 0 Å². The smallest absolute Gasteiger partial charge is 0.185 e. The first kappa shape index (κ1) is 13.2. The summed E-state index contributed by atoms with van der Waals surface area (Å²) >= 11 is 1.69. The van der Waals surface area contributed by atoms with E-state index in [0.717, 1.165) is 42.9 Å². The quantitative estimate of drug-likeness (QED) is 0.729. The lowest BCUT2D eigenvalue weighted by Crippen LogP contribution is -2.46. The molecule has 1 aliphatic heterocycles. The summed E-state index contributed by atoms with van der Waals surface area (Å²) in [4.78, 5) is 8.93. The lowest BCUT2D eigenvalue weighted by atomic mass is 10.3. The fraction of sp³-hybridized carbons (Fsp3) is 0.286. The van der Waals surface area contributed by atoms with Crippen LogP contribution in [0.4, 0.5) is 10.9 Å². The summed E-state index contributed by atoms with van der Waals surface area (Å²) in [6, 6.07) is 5.82. The average Bonchev–Trinajstić information content (AvgIpc) is 3.29. The molecule has 4 heterocycles. The molecule has 1 aliphatic rings. The third-order valence-corrected chi connectivity index (χ3v) is 4.50. The molecule has 4 rings (SSSR count). The van der Waals surface area contributed by atoms with Gasteiger partial charge in [-0.3, -0.25) is 0 Å². The number of anilines is 2. The predicted molar refractivity (Wildman–Crippen MR) is 85.7 cm³/mol. The maximum absolute atomic E-state index is 4.37. The van der Waals surface area contributed by atoms with E-state index in [9.17, 15) is 0 Å². The first-order valence-electron chi connectivity index (χ1n) is 7.13. The molecule has 3 aromatic rings. The van der Waals surface area contributed by atoms with Crippen molar-refractivity contribution in [3.05, 3.63) is 42.2 Å². The molecule has 0 aliphatic carbocycles. The Bertz CT molecular complexity index is 700. The third kappa shape index (κ3) is 2.52. The van der Waals surface area contributed by atoms with Gasteiger partial charge in [-0.25, -0.2) is 9.67 Å². The zero-order valence-electron chi connectivity index (χ0n) is 11.9. The van der Waals surface area contributed by atoms with Gasteiger partial charge in [0.1, 0.15) is 0 Å². The van der Waals surface area contributed by atoms with Crippen molar-refractivity contribution in [1.82, 2.24) is 25.0 Å². The Morgan fingerprint density at radius 2 is 1.68 bits per heavy atom. The van der Waals surface area contributed by atoms with Crippen LogP contribution in [-0.4, -0.2) is 51.1 Å². The average molecular weight is 313 g/mol. The Morgan fingerprint density at radius 1 is 0.909 bits per heavy atom. The van der Waals surface area contributed by atoms with Crippen molar-refractivity contribution in [1.29, 1.82) is 0 Å². The van der Waals surface area contributed by atoms with E-state index < -0.39 is 0 Å². The summed E-state index contributed by atoms with van der Waals surface area (Å²) < 4.78 is 1.71. The highest BCUT2D eigenvalue weighted by Crippen LogP contribution is 2.21. The number of hydrogen-bond acceptors (Lipinski definition) is 7. The second-order valence-electron chi connectivity index (χ2n) is 4.99. The van der Waals surface area contributed by atoms with Gasteiger partial charge in [0, 0.05) is 50.1 Å². The van der Waals surface area contributed by atoms with Gasteiger partial charge in [0.25, 0.3) is 0 Å². The van der Waals surface area contributed by atoms with Crippen molar-refractivity contribution < 1.29 is 0 Å². The molecule has 0 aromatic carbocycles. The van der Waals surface area contributed by atoms with E-state index in [1.54, 1.807) is 22.2 Å². The van der Waals surface area contributed by atoms with Gasteiger partial charge in [-0.1, -0.05) is 0 Å². The van der Waals surface area contributed by atoms with E-state index in [0.29, 0.717) is 0 Å². The van der Waals surface area contributed by atoms with E-state index in [4.69, 9.17) is 0 Å². The maximum Gasteiger partial charge on any atom is 0.185 e.